The molecule has 1 aliphatic rings. The minimum Gasteiger partial charge on any atom is -0.496 e. The number of aliphatic hydroxyl groups excluding tert-OH is 1. The molecule has 2 heteroatoms. The second-order valence-electron chi connectivity index (χ2n) is 5.06. The van der Waals surface area contributed by atoms with Crippen molar-refractivity contribution in [2.75, 3.05) is 7.11 Å². The topological polar surface area (TPSA) is 29.5 Å². The van der Waals surface area contributed by atoms with Gasteiger partial charge in [-0.05, 0) is 36.8 Å². The second-order valence-corrected chi connectivity index (χ2v) is 5.06. The molecular formula is C15H22O2. The van der Waals surface area contributed by atoms with Crippen LogP contribution in [0.15, 0.2) is 24.3 Å². The van der Waals surface area contributed by atoms with Crippen LogP contribution < -0.4 is 4.74 Å². The van der Waals surface area contributed by atoms with Gasteiger partial charge in [-0.15, -0.1) is 0 Å². The van der Waals surface area contributed by atoms with E-state index in [0.29, 0.717) is 5.92 Å². The highest BCUT2D eigenvalue weighted by atomic mass is 16.5. The van der Waals surface area contributed by atoms with Crippen molar-refractivity contribution >= 4 is 0 Å². The Bertz CT molecular complexity index is 349. The van der Waals surface area contributed by atoms with Gasteiger partial charge in [-0.3, -0.25) is 0 Å². The summed E-state index contributed by atoms with van der Waals surface area (Å²) in [5.41, 5.74) is 1.27. The second kappa shape index (κ2) is 6.06. The van der Waals surface area contributed by atoms with E-state index in [1.54, 1.807) is 7.11 Å². The summed E-state index contributed by atoms with van der Waals surface area (Å²) in [6.45, 7) is 0. The normalized spacial score (nSPS) is 25.3. The average Bonchev–Trinajstić information content (AvgIpc) is 2.54. The van der Waals surface area contributed by atoms with Crippen molar-refractivity contribution in [1.29, 1.82) is 0 Å². The van der Waals surface area contributed by atoms with Gasteiger partial charge in [0.05, 0.1) is 13.2 Å². The lowest BCUT2D eigenvalue weighted by Crippen LogP contribution is -2.13. The first kappa shape index (κ1) is 12.4. The van der Waals surface area contributed by atoms with E-state index in [0.717, 1.165) is 25.0 Å². The summed E-state index contributed by atoms with van der Waals surface area (Å²) in [6, 6.07) is 8.22. The fourth-order valence-electron chi connectivity index (χ4n) is 2.80. The lowest BCUT2D eigenvalue weighted by atomic mass is 9.91. The molecule has 2 unspecified atom stereocenters. The summed E-state index contributed by atoms with van der Waals surface area (Å²) >= 11 is 0. The summed E-state index contributed by atoms with van der Waals surface area (Å²) in [7, 11) is 1.72. The van der Waals surface area contributed by atoms with E-state index < -0.39 is 0 Å². The number of methoxy groups -OCH3 is 1. The zero-order valence-electron chi connectivity index (χ0n) is 10.6. The van der Waals surface area contributed by atoms with Crippen molar-refractivity contribution in [3.05, 3.63) is 29.8 Å². The number of hydrogen-bond donors (Lipinski definition) is 1. The van der Waals surface area contributed by atoms with Crippen LogP contribution in [0.3, 0.4) is 0 Å². The minimum atomic E-state index is -0.0998. The molecule has 1 aliphatic carbocycles. The van der Waals surface area contributed by atoms with Gasteiger partial charge in [0.15, 0.2) is 0 Å². The molecule has 2 rings (SSSR count). The first-order chi connectivity index (χ1) is 8.29. The highest BCUT2D eigenvalue weighted by Crippen LogP contribution is 2.29. The predicted octanol–water partition coefficient (Wildman–Crippen LogP) is 3.18. The van der Waals surface area contributed by atoms with Crippen molar-refractivity contribution in [2.24, 2.45) is 5.92 Å². The van der Waals surface area contributed by atoms with Crippen LogP contribution >= 0.6 is 0 Å². The van der Waals surface area contributed by atoms with E-state index in [9.17, 15) is 5.11 Å². The molecule has 0 aromatic heterocycles. The zero-order valence-corrected chi connectivity index (χ0v) is 10.6. The van der Waals surface area contributed by atoms with Gasteiger partial charge < -0.3 is 9.84 Å². The fraction of sp³-hybridized carbons (Fsp3) is 0.600. The quantitative estimate of drug-likeness (QED) is 0.814. The molecule has 0 aliphatic heterocycles. The fourth-order valence-corrected chi connectivity index (χ4v) is 2.80. The number of para-hydroxylation sites is 1. The van der Waals surface area contributed by atoms with Gasteiger partial charge in [0.25, 0.3) is 0 Å². The van der Waals surface area contributed by atoms with Gasteiger partial charge >= 0.3 is 0 Å². The number of rotatable bonds is 3. The molecule has 94 valence electrons. The van der Waals surface area contributed by atoms with Gasteiger partial charge in [0, 0.05) is 0 Å². The van der Waals surface area contributed by atoms with E-state index >= 15 is 0 Å². The Morgan fingerprint density at radius 3 is 2.82 bits per heavy atom. The van der Waals surface area contributed by atoms with E-state index in [4.69, 9.17) is 4.74 Å². The molecule has 0 spiro atoms. The van der Waals surface area contributed by atoms with Crippen LogP contribution in [0, 0.1) is 5.92 Å². The van der Waals surface area contributed by atoms with Crippen LogP contribution in [-0.4, -0.2) is 18.3 Å². The lowest BCUT2D eigenvalue weighted by Gasteiger charge is -2.18. The molecule has 1 aromatic carbocycles. The molecule has 1 N–H and O–H groups in total. The SMILES string of the molecule is COc1ccccc1CC1CCCCC(O)C1. The molecule has 1 saturated carbocycles. The standard InChI is InChI=1S/C15H22O2/c1-17-15-9-5-3-7-13(15)10-12-6-2-4-8-14(16)11-12/h3,5,7,9,12,14,16H,2,4,6,8,10-11H2,1H3. The minimum absolute atomic E-state index is 0.0998. The molecule has 0 amide bonds. The van der Waals surface area contributed by atoms with Crippen molar-refractivity contribution in [3.63, 3.8) is 0 Å². The van der Waals surface area contributed by atoms with Crippen LogP contribution in [0.4, 0.5) is 0 Å². The van der Waals surface area contributed by atoms with Crippen molar-refractivity contribution < 1.29 is 9.84 Å². The zero-order chi connectivity index (χ0) is 12.1. The lowest BCUT2D eigenvalue weighted by molar-refractivity contribution is 0.141. The molecule has 0 saturated heterocycles. The third-order valence-corrected chi connectivity index (χ3v) is 3.71. The Balaban J connectivity index is 2.03. The maximum atomic E-state index is 9.83. The summed E-state index contributed by atoms with van der Waals surface area (Å²) in [6.07, 6.45) is 6.49. The highest BCUT2D eigenvalue weighted by molar-refractivity contribution is 5.33. The molecule has 1 fully saturated rings. The molecule has 0 radical (unpaired) electrons. The average molecular weight is 234 g/mol. The van der Waals surface area contributed by atoms with Gasteiger partial charge in [-0.1, -0.05) is 37.5 Å². The highest BCUT2D eigenvalue weighted by Gasteiger charge is 2.19. The molecule has 17 heavy (non-hydrogen) atoms. The molecule has 2 atom stereocenters. The largest absolute Gasteiger partial charge is 0.496 e. The smallest absolute Gasteiger partial charge is 0.122 e. The van der Waals surface area contributed by atoms with Crippen molar-refractivity contribution in [2.45, 2.75) is 44.6 Å². The Labute approximate surface area is 104 Å². The van der Waals surface area contributed by atoms with E-state index in [1.807, 2.05) is 12.1 Å². The Kier molecular flexibility index (Phi) is 4.43. The third-order valence-electron chi connectivity index (χ3n) is 3.71. The summed E-state index contributed by atoms with van der Waals surface area (Å²) in [5, 5.41) is 9.83. The van der Waals surface area contributed by atoms with Gasteiger partial charge in [-0.25, -0.2) is 0 Å². The van der Waals surface area contributed by atoms with Crippen LogP contribution in [0.5, 0.6) is 5.75 Å². The van der Waals surface area contributed by atoms with Gasteiger partial charge in [-0.2, -0.15) is 0 Å². The summed E-state index contributed by atoms with van der Waals surface area (Å²) in [4.78, 5) is 0. The monoisotopic (exact) mass is 234 g/mol. The number of benzene rings is 1. The van der Waals surface area contributed by atoms with Crippen molar-refractivity contribution in [3.8, 4) is 5.75 Å². The van der Waals surface area contributed by atoms with Gasteiger partial charge in [0.2, 0.25) is 0 Å². The van der Waals surface area contributed by atoms with E-state index in [1.165, 1.54) is 24.8 Å². The predicted molar refractivity (Wildman–Crippen MR) is 69.3 cm³/mol. The summed E-state index contributed by atoms with van der Waals surface area (Å²) < 4.78 is 5.38. The van der Waals surface area contributed by atoms with Crippen LogP contribution in [0.2, 0.25) is 0 Å². The maximum Gasteiger partial charge on any atom is 0.122 e. The van der Waals surface area contributed by atoms with E-state index in [2.05, 4.69) is 12.1 Å². The maximum absolute atomic E-state index is 9.83. The third kappa shape index (κ3) is 3.47. The molecule has 2 nitrogen and oxygen atoms in total. The van der Waals surface area contributed by atoms with Crippen LogP contribution in [-0.2, 0) is 6.42 Å². The van der Waals surface area contributed by atoms with Gasteiger partial charge in [0.1, 0.15) is 5.75 Å². The molecular weight excluding hydrogens is 212 g/mol. The number of aliphatic hydroxyl groups is 1. The molecule has 1 aromatic rings. The Hall–Kier alpha value is -1.02. The first-order valence-electron chi connectivity index (χ1n) is 6.59. The van der Waals surface area contributed by atoms with Crippen LogP contribution in [0.1, 0.15) is 37.7 Å². The molecule has 0 bridgehead atoms. The number of hydrogen-bond acceptors (Lipinski definition) is 2. The van der Waals surface area contributed by atoms with Crippen LogP contribution in [0.25, 0.3) is 0 Å². The summed E-state index contributed by atoms with van der Waals surface area (Å²) in [5.74, 6) is 1.58. The first-order valence-corrected chi connectivity index (χ1v) is 6.59. The van der Waals surface area contributed by atoms with E-state index in [-0.39, 0.29) is 6.10 Å². The van der Waals surface area contributed by atoms with Crippen molar-refractivity contribution in [1.82, 2.24) is 0 Å². The molecule has 0 heterocycles. The number of ether oxygens (including phenoxy) is 1. The Morgan fingerprint density at radius 2 is 2.00 bits per heavy atom. The Morgan fingerprint density at radius 1 is 1.24 bits per heavy atom.